The Balaban J connectivity index is 2.58. The van der Waals surface area contributed by atoms with E-state index in [1.807, 2.05) is 6.07 Å². The van der Waals surface area contributed by atoms with E-state index in [0.29, 0.717) is 30.4 Å². The van der Waals surface area contributed by atoms with E-state index < -0.39 is 0 Å². The lowest BCUT2D eigenvalue weighted by molar-refractivity contribution is 0.235. The van der Waals surface area contributed by atoms with Gasteiger partial charge in [0.2, 0.25) is 0 Å². The molecule has 1 rings (SSSR count). The van der Waals surface area contributed by atoms with Crippen LogP contribution >= 0.6 is 0 Å². The molecule has 0 bridgehead atoms. The molecule has 0 heterocycles. The van der Waals surface area contributed by atoms with Crippen LogP contribution in [0.2, 0.25) is 0 Å². The molecule has 1 aromatic rings. The molecular weight excluding hydrogens is 280 g/mol. The molecular formula is C17H28N2O3. The van der Waals surface area contributed by atoms with Crippen molar-refractivity contribution < 1.29 is 9.47 Å². The van der Waals surface area contributed by atoms with Crippen molar-refractivity contribution in [3.63, 3.8) is 0 Å². The number of nitrogens with zero attached hydrogens (tertiary/aromatic N) is 2. The fourth-order valence-corrected chi connectivity index (χ4v) is 2.16. The molecule has 5 heteroatoms. The number of hydrogen-bond acceptors (Lipinski definition) is 5. The van der Waals surface area contributed by atoms with E-state index in [-0.39, 0.29) is 0 Å². The third kappa shape index (κ3) is 6.02. The van der Waals surface area contributed by atoms with Crippen LogP contribution in [0.5, 0.6) is 11.5 Å². The Kier molecular flexibility index (Phi) is 9.23. The summed E-state index contributed by atoms with van der Waals surface area (Å²) < 4.78 is 11.5. The lowest BCUT2D eigenvalue weighted by Crippen LogP contribution is -2.25. The van der Waals surface area contributed by atoms with Crippen LogP contribution in [0.3, 0.4) is 0 Å². The minimum Gasteiger partial charge on any atom is -0.490 e. The van der Waals surface area contributed by atoms with E-state index in [9.17, 15) is 4.91 Å². The van der Waals surface area contributed by atoms with E-state index in [4.69, 9.17) is 9.47 Å². The molecule has 0 aliphatic heterocycles. The van der Waals surface area contributed by atoms with Crippen LogP contribution in [0, 0.1) is 4.91 Å². The maximum absolute atomic E-state index is 10.9. The van der Waals surface area contributed by atoms with Gasteiger partial charge < -0.3 is 14.4 Å². The lowest BCUT2D eigenvalue weighted by Gasteiger charge is -2.18. The number of rotatable bonds is 12. The summed E-state index contributed by atoms with van der Waals surface area (Å²) >= 11 is 0. The fraction of sp³-hybridized carbons (Fsp3) is 0.647. The van der Waals surface area contributed by atoms with Crippen LogP contribution in [0.25, 0.3) is 0 Å². The van der Waals surface area contributed by atoms with Gasteiger partial charge in [0.15, 0.2) is 17.2 Å². The minimum atomic E-state index is 0.303. The fourth-order valence-electron chi connectivity index (χ4n) is 2.16. The number of ether oxygens (including phenoxy) is 2. The molecule has 0 N–H and O–H groups in total. The molecule has 0 saturated heterocycles. The number of benzene rings is 1. The second kappa shape index (κ2) is 11.0. The first-order valence-corrected chi connectivity index (χ1v) is 8.21. The normalized spacial score (nSPS) is 10.7. The van der Waals surface area contributed by atoms with Crippen LogP contribution in [-0.2, 0) is 0 Å². The third-order valence-electron chi connectivity index (χ3n) is 3.57. The Bertz CT molecular complexity index is 434. The van der Waals surface area contributed by atoms with Crippen molar-refractivity contribution in [2.24, 2.45) is 5.18 Å². The number of unbranched alkanes of at least 4 members (excludes halogenated alkanes) is 1. The van der Waals surface area contributed by atoms with Gasteiger partial charge in [0, 0.05) is 6.54 Å². The average molecular weight is 308 g/mol. The predicted molar refractivity (Wildman–Crippen MR) is 90.2 cm³/mol. The van der Waals surface area contributed by atoms with E-state index in [0.717, 1.165) is 38.9 Å². The zero-order valence-corrected chi connectivity index (χ0v) is 14.0. The summed E-state index contributed by atoms with van der Waals surface area (Å²) in [7, 11) is 0. The second-order valence-electron chi connectivity index (χ2n) is 5.13. The SMILES string of the molecule is CCCCOc1c(N=O)cccc1OCCCN(CC)CC. The summed E-state index contributed by atoms with van der Waals surface area (Å²) in [5.74, 6) is 1.07. The molecule has 124 valence electrons. The summed E-state index contributed by atoms with van der Waals surface area (Å²) in [4.78, 5) is 13.3. The minimum absolute atomic E-state index is 0.303. The second-order valence-corrected chi connectivity index (χ2v) is 5.13. The molecule has 0 radical (unpaired) electrons. The van der Waals surface area contributed by atoms with Crippen LogP contribution in [0.1, 0.15) is 40.0 Å². The Morgan fingerprint density at radius 3 is 2.41 bits per heavy atom. The summed E-state index contributed by atoms with van der Waals surface area (Å²) in [6.07, 6.45) is 2.92. The highest BCUT2D eigenvalue weighted by Gasteiger charge is 2.12. The molecule has 0 atom stereocenters. The van der Waals surface area contributed by atoms with Crippen molar-refractivity contribution in [1.29, 1.82) is 0 Å². The highest BCUT2D eigenvalue weighted by atomic mass is 16.5. The van der Waals surface area contributed by atoms with Gasteiger partial charge in [-0.15, -0.1) is 4.91 Å². The highest BCUT2D eigenvalue weighted by molar-refractivity contribution is 5.59. The molecule has 0 aromatic heterocycles. The maximum atomic E-state index is 10.9. The average Bonchev–Trinajstić information content (AvgIpc) is 2.56. The molecule has 0 spiro atoms. The summed E-state index contributed by atoms with van der Waals surface area (Å²) in [5, 5.41) is 3.03. The Morgan fingerprint density at radius 2 is 1.77 bits per heavy atom. The van der Waals surface area contributed by atoms with Gasteiger partial charge in [0.05, 0.1) is 13.2 Å². The van der Waals surface area contributed by atoms with Crippen LogP contribution < -0.4 is 9.47 Å². The molecule has 5 nitrogen and oxygen atoms in total. The van der Waals surface area contributed by atoms with Gasteiger partial charge in [-0.05, 0) is 43.2 Å². The van der Waals surface area contributed by atoms with Gasteiger partial charge in [-0.1, -0.05) is 33.3 Å². The van der Waals surface area contributed by atoms with Gasteiger partial charge in [0.1, 0.15) is 0 Å². The molecule has 0 aliphatic carbocycles. The predicted octanol–water partition coefficient (Wildman–Crippen LogP) is 4.37. The summed E-state index contributed by atoms with van der Waals surface area (Å²) in [6.45, 7) is 10.7. The number of para-hydroxylation sites is 1. The Morgan fingerprint density at radius 1 is 1.05 bits per heavy atom. The molecule has 22 heavy (non-hydrogen) atoms. The standard InChI is InChI=1S/C17H28N2O3/c1-4-7-13-22-17-15(18-20)10-8-11-16(17)21-14-9-12-19(5-2)6-3/h8,10-11H,4-7,9,12-14H2,1-3H3. The Hall–Kier alpha value is -1.62. The van der Waals surface area contributed by atoms with Gasteiger partial charge >= 0.3 is 0 Å². The van der Waals surface area contributed by atoms with E-state index in [1.165, 1.54) is 0 Å². The van der Waals surface area contributed by atoms with Crippen LogP contribution in [0.4, 0.5) is 5.69 Å². The molecule has 0 saturated carbocycles. The highest BCUT2D eigenvalue weighted by Crippen LogP contribution is 2.37. The first-order valence-electron chi connectivity index (χ1n) is 8.21. The van der Waals surface area contributed by atoms with Crippen LogP contribution in [-0.4, -0.2) is 37.7 Å². The topological polar surface area (TPSA) is 51.1 Å². The van der Waals surface area contributed by atoms with Crippen molar-refractivity contribution >= 4 is 5.69 Å². The lowest BCUT2D eigenvalue weighted by atomic mass is 10.2. The molecule has 0 amide bonds. The smallest absolute Gasteiger partial charge is 0.190 e. The van der Waals surface area contributed by atoms with E-state index in [2.05, 4.69) is 30.8 Å². The van der Waals surface area contributed by atoms with Crippen molar-refractivity contribution in [3.8, 4) is 11.5 Å². The van der Waals surface area contributed by atoms with Crippen molar-refractivity contribution in [2.75, 3.05) is 32.8 Å². The zero-order valence-electron chi connectivity index (χ0n) is 14.0. The van der Waals surface area contributed by atoms with Crippen molar-refractivity contribution in [3.05, 3.63) is 23.1 Å². The van der Waals surface area contributed by atoms with Crippen LogP contribution in [0.15, 0.2) is 23.4 Å². The van der Waals surface area contributed by atoms with Gasteiger partial charge in [-0.3, -0.25) is 0 Å². The van der Waals surface area contributed by atoms with Gasteiger partial charge in [-0.25, -0.2) is 0 Å². The quantitative estimate of drug-likeness (QED) is 0.425. The molecule has 0 fully saturated rings. The van der Waals surface area contributed by atoms with E-state index >= 15 is 0 Å². The maximum Gasteiger partial charge on any atom is 0.190 e. The first-order chi connectivity index (χ1) is 10.8. The Labute approximate surface area is 133 Å². The van der Waals surface area contributed by atoms with Gasteiger partial charge in [0.25, 0.3) is 0 Å². The third-order valence-corrected chi connectivity index (χ3v) is 3.57. The van der Waals surface area contributed by atoms with Crippen molar-refractivity contribution in [1.82, 2.24) is 4.90 Å². The monoisotopic (exact) mass is 308 g/mol. The molecule has 0 unspecified atom stereocenters. The number of hydrogen-bond donors (Lipinski definition) is 0. The number of nitroso groups, excluding NO2 is 1. The first kappa shape index (κ1) is 18.4. The zero-order chi connectivity index (χ0) is 16.2. The van der Waals surface area contributed by atoms with E-state index in [1.54, 1.807) is 12.1 Å². The van der Waals surface area contributed by atoms with Crippen molar-refractivity contribution in [2.45, 2.75) is 40.0 Å². The largest absolute Gasteiger partial charge is 0.490 e. The molecule has 1 aromatic carbocycles. The molecule has 0 aliphatic rings. The summed E-state index contributed by atoms with van der Waals surface area (Å²) in [6, 6.07) is 5.24. The summed E-state index contributed by atoms with van der Waals surface area (Å²) in [5.41, 5.74) is 0.303. The van der Waals surface area contributed by atoms with Gasteiger partial charge in [-0.2, -0.15) is 0 Å².